The molecule has 1 aromatic carbocycles. The van der Waals surface area contributed by atoms with Crippen molar-refractivity contribution in [3.05, 3.63) is 24.3 Å². The van der Waals surface area contributed by atoms with Gasteiger partial charge in [-0.15, -0.1) is 0 Å². The molecule has 1 atom stereocenters. The molecule has 0 spiro atoms. The van der Waals surface area contributed by atoms with Crippen molar-refractivity contribution in [3.8, 4) is 5.88 Å². The highest BCUT2D eigenvalue weighted by Crippen LogP contribution is 2.31. The minimum Gasteiger partial charge on any atom is -0.478 e. The fraction of sp³-hybridized carbons (Fsp3) is 0.467. The number of hydrogen-bond acceptors (Lipinski definition) is 5. The normalized spacial score (nSPS) is 19.3. The molecule has 1 fully saturated rings. The van der Waals surface area contributed by atoms with E-state index in [0.29, 0.717) is 18.5 Å². The molecule has 1 aliphatic heterocycles. The second-order valence-electron chi connectivity index (χ2n) is 5.12. The SMILES string of the molecule is COc1nc2ccccc2nc1N1CCCC[C@@H]1CN. The van der Waals surface area contributed by atoms with Crippen molar-refractivity contribution in [2.75, 3.05) is 25.1 Å². The number of nitrogens with zero attached hydrogens (tertiary/aromatic N) is 3. The van der Waals surface area contributed by atoms with E-state index in [1.54, 1.807) is 7.11 Å². The Morgan fingerprint density at radius 1 is 1.25 bits per heavy atom. The Labute approximate surface area is 118 Å². The van der Waals surface area contributed by atoms with Gasteiger partial charge >= 0.3 is 0 Å². The van der Waals surface area contributed by atoms with Crippen molar-refractivity contribution in [1.82, 2.24) is 9.97 Å². The van der Waals surface area contributed by atoms with Crippen molar-refractivity contribution in [2.45, 2.75) is 25.3 Å². The largest absolute Gasteiger partial charge is 0.478 e. The van der Waals surface area contributed by atoms with Crippen LogP contribution in [0, 0.1) is 0 Å². The Balaban J connectivity index is 2.08. The molecule has 3 rings (SSSR count). The third-order valence-corrected chi connectivity index (χ3v) is 3.89. The first-order valence-electron chi connectivity index (χ1n) is 7.11. The van der Waals surface area contributed by atoms with Crippen molar-refractivity contribution >= 4 is 16.9 Å². The standard InChI is InChI=1S/C15H20N4O/c1-20-15-14(19-9-5-4-6-11(19)10-16)17-12-7-2-3-8-13(12)18-15/h2-3,7-8,11H,4-6,9-10,16H2,1H3/t11-/m1/s1. The Morgan fingerprint density at radius 2 is 2.00 bits per heavy atom. The van der Waals surface area contributed by atoms with Gasteiger partial charge in [-0.1, -0.05) is 12.1 Å². The highest BCUT2D eigenvalue weighted by atomic mass is 16.5. The van der Waals surface area contributed by atoms with E-state index >= 15 is 0 Å². The van der Waals surface area contributed by atoms with Gasteiger partial charge in [0, 0.05) is 19.1 Å². The topological polar surface area (TPSA) is 64.3 Å². The molecule has 1 aliphatic rings. The monoisotopic (exact) mass is 272 g/mol. The van der Waals surface area contributed by atoms with Gasteiger partial charge in [-0.25, -0.2) is 9.97 Å². The summed E-state index contributed by atoms with van der Waals surface area (Å²) in [5.41, 5.74) is 7.65. The lowest BCUT2D eigenvalue weighted by Crippen LogP contribution is -2.44. The van der Waals surface area contributed by atoms with Crippen LogP contribution in [0.2, 0.25) is 0 Å². The van der Waals surface area contributed by atoms with E-state index in [2.05, 4.69) is 9.88 Å². The summed E-state index contributed by atoms with van der Waals surface area (Å²) in [6, 6.07) is 8.19. The van der Waals surface area contributed by atoms with Crippen molar-refractivity contribution in [3.63, 3.8) is 0 Å². The molecule has 0 amide bonds. The van der Waals surface area contributed by atoms with Gasteiger partial charge in [-0.05, 0) is 31.4 Å². The van der Waals surface area contributed by atoms with E-state index < -0.39 is 0 Å². The van der Waals surface area contributed by atoms with Crippen LogP contribution in [0.4, 0.5) is 5.82 Å². The van der Waals surface area contributed by atoms with Crippen LogP contribution in [-0.2, 0) is 0 Å². The lowest BCUT2D eigenvalue weighted by atomic mass is 10.0. The van der Waals surface area contributed by atoms with Gasteiger partial charge in [0.15, 0.2) is 5.82 Å². The van der Waals surface area contributed by atoms with Gasteiger partial charge in [0.2, 0.25) is 0 Å². The maximum Gasteiger partial charge on any atom is 0.257 e. The predicted molar refractivity (Wildman–Crippen MR) is 80.1 cm³/mol. The van der Waals surface area contributed by atoms with E-state index in [-0.39, 0.29) is 0 Å². The molecule has 2 aromatic rings. The average Bonchev–Trinajstić information content (AvgIpc) is 2.53. The molecule has 5 heteroatoms. The first-order valence-corrected chi connectivity index (χ1v) is 7.11. The van der Waals surface area contributed by atoms with Crippen LogP contribution in [-0.4, -0.2) is 36.2 Å². The number of para-hydroxylation sites is 2. The fourth-order valence-corrected chi connectivity index (χ4v) is 2.82. The first kappa shape index (κ1) is 13.1. The van der Waals surface area contributed by atoms with Crippen molar-refractivity contribution < 1.29 is 4.74 Å². The number of hydrogen-bond donors (Lipinski definition) is 1. The summed E-state index contributed by atoms with van der Waals surface area (Å²) in [7, 11) is 1.64. The number of rotatable bonds is 3. The zero-order valence-corrected chi connectivity index (χ0v) is 11.7. The van der Waals surface area contributed by atoms with E-state index in [1.165, 1.54) is 6.42 Å². The van der Waals surface area contributed by atoms with Crippen molar-refractivity contribution in [2.24, 2.45) is 5.73 Å². The Morgan fingerprint density at radius 3 is 2.70 bits per heavy atom. The number of nitrogens with two attached hydrogens (primary N) is 1. The molecular formula is C15H20N4O. The highest BCUT2D eigenvalue weighted by molar-refractivity contribution is 5.77. The van der Waals surface area contributed by atoms with Crippen LogP contribution in [0.5, 0.6) is 5.88 Å². The van der Waals surface area contributed by atoms with Crippen LogP contribution >= 0.6 is 0 Å². The molecule has 2 heterocycles. The number of benzene rings is 1. The maximum absolute atomic E-state index is 5.90. The molecule has 0 aliphatic carbocycles. The van der Waals surface area contributed by atoms with Gasteiger partial charge in [0.05, 0.1) is 18.1 Å². The summed E-state index contributed by atoms with van der Waals surface area (Å²) in [6.45, 7) is 1.60. The molecule has 1 aromatic heterocycles. The van der Waals surface area contributed by atoms with Crippen LogP contribution in [0.1, 0.15) is 19.3 Å². The maximum atomic E-state index is 5.90. The Hall–Kier alpha value is -1.88. The summed E-state index contributed by atoms with van der Waals surface area (Å²) in [6.07, 6.45) is 3.49. The van der Waals surface area contributed by atoms with Crippen LogP contribution in [0.15, 0.2) is 24.3 Å². The molecule has 1 saturated heterocycles. The molecule has 0 unspecified atom stereocenters. The summed E-state index contributed by atoms with van der Waals surface area (Å²) >= 11 is 0. The second kappa shape index (κ2) is 5.63. The third-order valence-electron chi connectivity index (χ3n) is 3.89. The third kappa shape index (κ3) is 2.29. The minimum atomic E-state index is 0.327. The predicted octanol–water partition coefficient (Wildman–Crippen LogP) is 1.96. The fourth-order valence-electron chi connectivity index (χ4n) is 2.82. The molecule has 5 nitrogen and oxygen atoms in total. The lowest BCUT2D eigenvalue weighted by molar-refractivity contribution is 0.389. The number of aromatic nitrogens is 2. The lowest BCUT2D eigenvalue weighted by Gasteiger charge is -2.36. The number of ether oxygens (including phenoxy) is 1. The zero-order valence-electron chi connectivity index (χ0n) is 11.7. The summed E-state index contributed by atoms with van der Waals surface area (Å²) < 4.78 is 5.44. The van der Waals surface area contributed by atoms with Gasteiger partial charge < -0.3 is 15.4 Å². The summed E-state index contributed by atoms with van der Waals surface area (Å²) in [5.74, 6) is 1.41. The van der Waals surface area contributed by atoms with Crippen molar-refractivity contribution in [1.29, 1.82) is 0 Å². The number of methoxy groups -OCH3 is 1. The van der Waals surface area contributed by atoms with Gasteiger partial charge in [0.25, 0.3) is 5.88 Å². The van der Waals surface area contributed by atoms with E-state index in [1.807, 2.05) is 24.3 Å². The summed E-state index contributed by atoms with van der Waals surface area (Å²) in [5, 5.41) is 0. The minimum absolute atomic E-state index is 0.327. The first-order chi connectivity index (χ1) is 9.83. The quantitative estimate of drug-likeness (QED) is 0.925. The highest BCUT2D eigenvalue weighted by Gasteiger charge is 2.26. The molecular weight excluding hydrogens is 252 g/mol. The molecule has 0 saturated carbocycles. The molecule has 0 radical (unpaired) electrons. The number of fused-ring (bicyclic) bond motifs is 1. The Bertz CT molecular complexity index is 601. The van der Waals surface area contributed by atoms with Crippen LogP contribution in [0.25, 0.3) is 11.0 Å². The smallest absolute Gasteiger partial charge is 0.257 e. The van der Waals surface area contributed by atoms with Gasteiger partial charge in [-0.2, -0.15) is 0 Å². The second-order valence-corrected chi connectivity index (χ2v) is 5.12. The molecule has 0 bridgehead atoms. The number of anilines is 1. The van der Waals surface area contributed by atoms with E-state index in [0.717, 1.165) is 36.2 Å². The molecule has 2 N–H and O–H groups in total. The van der Waals surface area contributed by atoms with Gasteiger partial charge in [0.1, 0.15) is 0 Å². The van der Waals surface area contributed by atoms with Gasteiger partial charge in [-0.3, -0.25) is 0 Å². The zero-order chi connectivity index (χ0) is 13.9. The van der Waals surface area contributed by atoms with E-state index in [4.69, 9.17) is 15.5 Å². The van der Waals surface area contributed by atoms with E-state index in [9.17, 15) is 0 Å². The average molecular weight is 272 g/mol. The number of piperidine rings is 1. The summed E-state index contributed by atoms with van der Waals surface area (Å²) in [4.78, 5) is 11.6. The van der Waals surface area contributed by atoms with Crippen LogP contribution < -0.4 is 15.4 Å². The Kier molecular flexibility index (Phi) is 3.69. The van der Waals surface area contributed by atoms with Crippen LogP contribution in [0.3, 0.4) is 0 Å². The molecule has 20 heavy (non-hydrogen) atoms. The molecule has 106 valence electrons.